The molecular weight excluding hydrogens is 458 g/mol. The first kappa shape index (κ1) is 25.3. The standard InChI is InChI=1S/C28H33N3O5/c1-19-7-9-21(10-8-19)11-12-25(32)30-14-13-22-27(24(35-4)18-26(33)31(22)16-15-30)28(34)29(3)20(2)23-6-5-17-36-23/h5-10,17-18,20H,11-16H2,1-4H3/t20-/m0/s1. The number of methoxy groups -OCH3 is 1. The van der Waals surface area contributed by atoms with Crippen molar-refractivity contribution in [2.45, 2.75) is 45.7 Å². The lowest BCUT2D eigenvalue weighted by Gasteiger charge is -2.26. The van der Waals surface area contributed by atoms with Crippen LogP contribution in [0.5, 0.6) is 5.75 Å². The van der Waals surface area contributed by atoms with Crippen LogP contribution in [0.4, 0.5) is 0 Å². The van der Waals surface area contributed by atoms with Gasteiger partial charge in [-0.2, -0.15) is 0 Å². The zero-order chi connectivity index (χ0) is 25.8. The molecule has 8 nitrogen and oxygen atoms in total. The van der Waals surface area contributed by atoms with Gasteiger partial charge in [0.1, 0.15) is 17.1 Å². The number of benzene rings is 1. The number of rotatable bonds is 7. The van der Waals surface area contributed by atoms with Gasteiger partial charge in [-0.15, -0.1) is 0 Å². The molecule has 1 aliphatic rings. The summed E-state index contributed by atoms with van der Waals surface area (Å²) in [6.07, 6.45) is 3.01. The highest BCUT2D eigenvalue weighted by atomic mass is 16.5. The van der Waals surface area contributed by atoms with Crippen molar-refractivity contribution in [1.82, 2.24) is 14.4 Å². The minimum atomic E-state index is -0.310. The van der Waals surface area contributed by atoms with Gasteiger partial charge in [0, 0.05) is 51.3 Å². The van der Waals surface area contributed by atoms with E-state index in [1.807, 2.05) is 44.2 Å². The average Bonchev–Trinajstić information content (AvgIpc) is 3.33. The van der Waals surface area contributed by atoms with Crippen LogP contribution in [0.25, 0.3) is 0 Å². The van der Waals surface area contributed by atoms with Crippen molar-refractivity contribution in [1.29, 1.82) is 0 Å². The van der Waals surface area contributed by atoms with Crippen LogP contribution in [0.1, 0.15) is 52.3 Å². The van der Waals surface area contributed by atoms with Crippen LogP contribution in [0, 0.1) is 6.92 Å². The highest BCUT2D eigenvalue weighted by molar-refractivity contribution is 5.98. The first-order valence-electron chi connectivity index (χ1n) is 12.2. The predicted octanol–water partition coefficient (Wildman–Crippen LogP) is 3.61. The number of carbonyl (C=O) groups excluding carboxylic acids is 2. The topological polar surface area (TPSA) is 85.0 Å². The number of nitrogens with zero attached hydrogens (tertiary/aromatic N) is 3. The Bertz CT molecular complexity index is 1280. The number of pyridine rings is 1. The molecular formula is C28H33N3O5. The van der Waals surface area contributed by atoms with Gasteiger partial charge in [0.25, 0.3) is 11.5 Å². The van der Waals surface area contributed by atoms with E-state index in [0.29, 0.717) is 55.9 Å². The Kier molecular flexibility index (Phi) is 7.62. The summed E-state index contributed by atoms with van der Waals surface area (Å²) in [6, 6.07) is 12.8. The fraction of sp³-hybridized carbons (Fsp3) is 0.393. The summed E-state index contributed by atoms with van der Waals surface area (Å²) in [4.78, 5) is 43.0. The van der Waals surface area contributed by atoms with E-state index in [4.69, 9.17) is 9.15 Å². The van der Waals surface area contributed by atoms with Crippen LogP contribution < -0.4 is 10.3 Å². The highest BCUT2D eigenvalue weighted by Crippen LogP contribution is 2.28. The third kappa shape index (κ3) is 5.22. The van der Waals surface area contributed by atoms with Crippen molar-refractivity contribution in [2.75, 3.05) is 27.2 Å². The number of hydrogen-bond acceptors (Lipinski definition) is 5. The molecule has 0 saturated carbocycles. The predicted molar refractivity (Wildman–Crippen MR) is 136 cm³/mol. The maximum atomic E-state index is 13.7. The molecule has 3 heterocycles. The summed E-state index contributed by atoms with van der Waals surface area (Å²) in [5.41, 5.74) is 3.01. The number of aromatic nitrogens is 1. The smallest absolute Gasteiger partial charge is 0.259 e. The zero-order valence-corrected chi connectivity index (χ0v) is 21.3. The van der Waals surface area contributed by atoms with Crippen LogP contribution in [0.15, 0.2) is 57.9 Å². The second-order valence-electron chi connectivity index (χ2n) is 9.25. The van der Waals surface area contributed by atoms with Gasteiger partial charge in [-0.05, 0) is 38.0 Å². The van der Waals surface area contributed by atoms with Crippen molar-refractivity contribution in [3.8, 4) is 5.75 Å². The van der Waals surface area contributed by atoms with E-state index < -0.39 is 0 Å². The van der Waals surface area contributed by atoms with E-state index in [1.165, 1.54) is 18.7 Å². The molecule has 1 aromatic carbocycles. The van der Waals surface area contributed by atoms with E-state index in [2.05, 4.69) is 0 Å². The molecule has 0 bridgehead atoms. The Morgan fingerprint density at radius 2 is 1.89 bits per heavy atom. The summed E-state index contributed by atoms with van der Waals surface area (Å²) in [7, 11) is 3.16. The second kappa shape index (κ2) is 10.8. The molecule has 0 fully saturated rings. The molecule has 190 valence electrons. The number of ether oxygens (including phenoxy) is 1. The summed E-state index contributed by atoms with van der Waals surface area (Å²) in [5.74, 6) is 0.682. The molecule has 36 heavy (non-hydrogen) atoms. The number of fused-ring (bicyclic) bond motifs is 1. The molecule has 0 radical (unpaired) electrons. The van der Waals surface area contributed by atoms with Gasteiger partial charge in [-0.25, -0.2) is 0 Å². The van der Waals surface area contributed by atoms with Crippen molar-refractivity contribution in [2.24, 2.45) is 0 Å². The molecule has 8 heteroatoms. The number of furan rings is 1. The normalized spacial score (nSPS) is 14.1. The Hall–Kier alpha value is -3.81. The maximum Gasteiger partial charge on any atom is 0.259 e. The quantitative estimate of drug-likeness (QED) is 0.504. The Morgan fingerprint density at radius 3 is 2.56 bits per heavy atom. The monoisotopic (exact) mass is 491 g/mol. The van der Waals surface area contributed by atoms with Crippen molar-refractivity contribution in [3.63, 3.8) is 0 Å². The van der Waals surface area contributed by atoms with Crippen LogP contribution in [-0.4, -0.2) is 53.4 Å². The van der Waals surface area contributed by atoms with E-state index in [0.717, 1.165) is 5.56 Å². The molecule has 1 aliphatic heterocycles. The fourth-order valence-corrected chi connectivity index (χ4v) is 4.63. The molecule has 0 saturated heterocycles. The zero-order valence-electron chi connectivity index (χ0n) is 21.3. The van der Waals surface area contributed by atoms with Crippen molar-refractivity contribution < 1.29 is 18.7 Å². The average molecular weight is 492 g/mol. The number of aryl methyl sites for hydroxylation is 2. The van der Waals surface area contributed by atoms with Gasteiger partial charge in [-0.1, -0.05) is 29.8 Å². The highest BCUT2D eigenvalue weighted by Gasteiger charge is 2.30. The van der Waals surface area contributed by atoms with Crippen LogP contribution in [0.3, 0.4) is 0 Å². The largest absolute Gasteiger partial charge is 0.496 e. The summed E-state index contributed by atoms with van der Waals surface area (Å²) < 4.78 is 12.6. The minimum Gasteiger partial charge on any atom is -0.496 e. The number of amides is 2. The Morgan fingerprint density at radius 1 is 1.14 bits per heavy atom. The van der Waals surface area contributed by atoms with Crippen molar-refractivity contribution in [3.05, 3.63) is 87.2 Å². The van der Waals surface area contributed by atoms with E-state index in [9.17, 15) is 14.4 Å². The summed E-state index contributed by atoms with van der Waals surface area (Å²) in [6.45, 7) is 5.09. The van der Waals surface area contributed by atoms with Crippen molar-refractivity contribution >= 4 is 11.8 Å². The molecule has 2 amide bonds. The lowest BCUT2D eigenvalue weighted by atomic mass is 10.1. The van der Waals surface area contributed by atoms with Crippen LogP contribution >= 0.6 is 0 Å². The molecule has 0 N–H and O–H groups in total. The van der Waals surface area contributed by atoms with Gasteiger partial charge in [0.05, 0.1) is 19.4 Å². The Balaban J connectivity index is 1.55. The Labute approximate surface area is 211 Å². The molecule has 2 aromatic heterocycles. The number of hydrogen-bond donors (Lipinski definition) is 0. The SMILES string of the molecule is COc1cc(=O)n2c(c1C(=O)N(C)[C@@H](C)c1ccco1)CCN(C(=O)CCc1ccc(C)cc1)CC2. The van der Waals surface area contributed by atoms with E-state index in [1.54, 1.807) is 33.7 Å². The van der Waals surface area contributed by atoms with E-state index in [-0.39, 0.29) is 29.2 Å². The molecule has 0 spiro atoms. The first-order chi connectivity index (χ1) is 17.3. The number of carbonyl (C=O) groups is 2. The van der Waals surface area contributed by atoms with Crippen LogP contribution in [0.2, 0.25) is 0 Å². The lowest BCUT2D eigenvalue weighted by molar-refractivity contribution is -0.131. The summed E-state index contributed by atoms with van der Waals surface area (Å²) >= 11 is 0. The second-order valence-corrected chi connectivity index (χ2v) is 9.25. The van der Waals surface area contributed by atoms with Gasteiger partial charge < -0.3 is 23.5 Å². The van der Waals surface area contributed by atoms with E-state index >= 15 is 0 Å². The van der Waals surface area contributed by atoms with Gasteiger partial charge >= 0.3 is 0 Å². The fourth-order valence-electron chi connectivity index (χ4n) is 4.63. The first-order valence-corrected chi connectivity index (χ1v) is 12.2. The van der Waals surface area contributed by atoms with Gasteiger partial charge in [0.15, 0.2) is 0 Å². The maximum absolute atomic E-state index is 13.7. The molecule has 0 aliphatic carbocycles. The van der Waals surface area contributed by atoms with Crippen LogP contribution in [-0.2, 0) is 24.2 Å². The minimum absolute atomic E-state index is 0.0415. The molecule has 3 aromatic rings. The molecule has 0 unspecified atom stereocenters. The lowest BCUT2D eigenvalue weighted by Crippen LogP contribution is -2.34. The van der Waals surface area contributed by atoms with Gasteiger partial charge in [0.2, 0.25) is 5.91 Å². The third-order valence-electron chi connectivity index (χ3n) is 6.98. The third-order valence-corrected chi connectivity index (χ3v) is 6.98. The molecule has 1 atom stereocenters. The molecule has 4 rings (SSSR count). The summed E-state index contributed by atoms with van der Waals surface area (Å²) in [5, 5.41) is 0. The van der Waals surface area contributed by atoms with Gasteiger partial charge in [-0.3, -0.25) is 14.4 Å².